The van der Waals surface area contributed by atoms with Gasteiger partial charge in [-0.15, -0.1) is 0 Å². The van der Waals surface area contributed by atoms with Crippen LogP contribution in [0.15, 0.2) is 12.4 Å². The highest BCUT2D eigenvalue weighted by atomic mass is 15.3. The van der Waals surface area contributed by atoms with Crippen molar-refractivity contribution in [2.24, 2.45) is 5.92 Å². The fourth-order valence-corrected chi connectivity index (χ4v) is 2.99. The molecule has 1 unspecified atom stereocenters. The molecule has 0 radical (unpaired) electrons. The Bertz CT molecular complexity index is 400. The van der Waals surface area contributed by atoms with E-state index in [4.69, 9.17) is 0 Å². The van der Waals surface area contributed by atoms with E-state index in [-0.39, 0.29) is 0 Å². The van der Waals surface area contributed by atoms with Gasteiger partial charge in [-0.05, 0) is 38.1 Å². The van der Waals surface area contributed by atoms with Gasteiger partial charge in [0.05, 0.1) is 0 Å². The van der Waals surface area contributed by atoms with Crippen molar-refractivity contribution in [2.45, 2.75) is 65.5 Å². The molecule has 118 valence electrons. The Morgan fingerprint density at radius 3 is 2.71 bits per heavy atom. The van der Waals surface area contributed by atoms with Crippen LogP contribution in [0.3, 0.4) is 0 Å². The van der Waals surface area contributed by atoms with Gasteiger partial charge in [-0.1, -0.05) is 27.2 Å². The first-order valence-electron chi connectivity index (χ1n) is 8.49. The van der Waals surface area contributed by atoms with Crippen molar-refractivity contribution in [3.05, 3.63) is 18.0 Å². The Kier molecular flexibility index (Phi) is 6.43. The standard InChI is InChI=1S/C17H30N4/c1-4-7-16-8-5-6-9-21(16)17-19-12-15(13-20-17)11-18-10-14(2)3/h12-14,16,18H,4-11H2,1-3H3. The molecule has 1 aromatic heterocycles. The van der Waals surface area contributed by atoms with E-state index in [0.29, 0.717) is 12.0 Å². The Labute approximate surface area is 129 Å². The molecule has 2 heterocycles. The van der Waals surface area contributed by atoms with Crippen LogP contribution in [0.1, 0.15) is 58.4 Å². The zero-order chi connectivity index (χ0) is 15.1. The van der Waals surface area contributed by atoms with E-state index < -0.39 is 0 Å². The molecule has 1 N–H and O–H groups in total. The van der Waals surface area contributed by atoms with Crippen LogP contribution in [-0.2, 0) is 6.54 Å². The van der Waals surface area contributed by atoms with Crippen molar-refractivity contribution < 1.29 is 0 Å². The molecule has 0 amide bonds. The van der Waals surface area contributed by atoms with Gasteiger partial charge in [0, 0.05) is 37.1 Å². The molecule has 21 heavy (non-hydrogen) atoms. The predicted molar refractivity (Wildman–Crippen MR) is 88.5 cm³/mol. The van der Waals surface area contributed by atoms with Crippen molar-refractivity contribution in [3.8, 4) is 0 Å². The third-order valence-electron chi connectivity index (χ3n) is 4.08. The number of hydrogen-bond donors (Lipinski definition) is 1. The van der Waals surface area contributed by atoms with Crippen molar-refractivity contribution >= 4 is 5.95 Å². The summed E-state index contributed by atoms with van der Waals surface area (Å²) in [5, 5.41) is 3.44. The van der Waals surface area contributed by atoms with Gasteiger partial charge >= 0.3 is 0 Å². The van der Waals surface area contributed by atoms with E-state index in [1.807, 2.05) is 12.4 Å². The molecule has 2 rings (SSSR count). The first-order valence-corrected chi connectivity index (χ1v) is 8.49. The van der Waals surface area contributed by atoms with Crippen LogP contribution in [0, 0.1) is 5.92 Å². The van der Waals surface area contributed by atoms with Gasteiger partial charge in [0.2, 0.25) is 5.95 Å². The molecule has 1 saturated heterocycles. The molecule has 4 nitrogen and oxygen atoms in total. The third-order valence-corrected chi connectivity index (χ3v) is 4.08. The maximum absolute atomic E-state index is 4.61. The Balaban J connectivity index is 1.93. The van der Waals surface area contributed by atoms with Crippen LogP contribution in [0.25, 0.3) is 0 Å². The van der Waals surface area contributed by atoms with Gasteiger partial charge in [-0.3, -0.25) is 0 Å². The molecule has 0 bridgehead atoms. The van der Waals surface area contributed by atoms with Gasteiger partial charge < -0.3 is 10.2 Å². The highest BCUT2D eigenvalue weighted by Crippen LogP contribution is 2.24. The van der Waals surface area contributed by atoms with E-state index in [2.05, 4.69) is 41.0 Å². The molecule has 1 aliphatic heterocycles. The number of anilines is 1. The minimum atomic E-state index is 0.633. The normalized spacial score (nSPS) is 19.2. The van der Waals surface area contributed by atoms with E-state index in [1.165, 1.54) is 37.7 Å². The fourth-order valence-electron chi connectivity index (χ4n) is 2.99. The smallest absolute Gasteiger partial charge is 0.225 e. The summed E-state index contributed by atoms with van der Waals surface area (Å²) in [6, 6.07) is 0.633. The van der Waals surface area contributed by atoms with Crippen molar-refractivity contribution in [1.82, 2.24) is 15.3 Å². The molecule has 1 aliphatic rings. The van der Waals surface area contributed by atoms with E-state index in [1.54, 1.807) is 0 Å². The van der Waals surface area contributed by atoms with E-state index >= 15 is 0 Å². The van der Waals surface area contributed by atoms with Crippen molar-refractivity contribution in [2.75, 3.05) is 18.0 Å². The van der Waals surface area contributed by atoms with Gasteiger partial charge in [0.15, 0.2) is 0 Å². The average Bonchev–Trinajstić information content (AvgIpc) is 2.49. The van der Waals surface area contributed by atoms with Crippen LogP contribution < -0.4 is 10.2 Å². The van der Waals surface area contributed by atoms with Crippen LogP contribution in [-0.4, -0.2) is 29.1 Å². The maximum atomic E-state index is 4.61. The van der Waals surface area contributed by atoms with Gasteiger partial charge in [0.1, 0.15) is 0 Å². The van der Waals surface area contributed by atoms with Crippen LogP contribution in [0.2, 0.25) is 0 Å². The van der Waals surface area contributed by atoms with Gasteiger partial charge in [-0.25, -0.2) is 9.97 Å². The lowest BCUT2D eigenvalue weighted by molar-refractivity contribution is 0.428. The molecule has 0 spiro atoms. The molecular weight excluding hydrogens is 260 g/mol. The second-order valence-corrected chi connectivity index (χ2v) is 6.55. The molecule has 1 aromatic rings. The highest BCUT2D eigenvalue weighted by Gasteiger charge is 2.23. The number of rotatable bonds is 7. The summed E-state index contributed by atoms with van der Waals surface area (Å²) in [6.07, 6.45) is 10.3. The number of nitrogens with one attached hydrogen (secondary N) is 1. The fraction of sp³-hybridized carbons (Fsp3) is 0.765. The third kappa shape index (κ3) is 4.95. The average molecular weight is 290 g/mol. The van der Waals surface area contributed by atoms with Crippen molar-refractivity contribution in [3.63, 3.8) is 0 Å². The Hall–Kier alpha value is -1.16. The molecular formula is C17H30N4. The SMILES string of the molecule is CCCC1CCCCN1c1ncc(CNCC(C)C)cn1. The highest BCUT2D eigenvalue weighted by molar-refractivity contribution is 5.32. The maximum Gasteiger partial charge on any atom is 0.225 e. The first-order chi connectivity index (χ1) is 10.2. The number of hydrogen-bond acceptors (Lipinski definition) is 4. The lowest BCUT2D eigenvalue weighted by Crippen LogP contribution is -2.40. The largest absolute Gasteiger partial charge is 0.338 e. The molecule has 4 heteroatoms. The second kappa shape index (κ2) is 8.32. The van der Waals surface area contributed by atoms with Gasteiger partial charge in [0.25, 0.3) is 0 Å². The zero-order valence-corrected chi connectivity index (χ0v) is 13.8. The monoisotopic (exact) mass is 290 g/mol. The summed E-state index contributed by atoms with van der Waals surface area (Å²) < 4.78 is 0. The number of aromatic nitrogens is 2. The van der Waals surface area contributed by atoms with Gasteiger partial charge in [-0.2, -0.15) is 0 Å². The van der Waals surface area contributed by atoms with E-state index in [0.717, 1.165) is 25.6 Å². The molecule has 0 saturated carbocycles. The number of piperidine rings is 1. The summed E-state index contributed by atoms with van der Waals surface area (Å²) >= 11 is 0. The second-order valence-electron chi connectivity index (χ2n) is 6.55. The van der Waals surface area contributed by atoms with E-state index in [9.17, 15) is 0 Å². The van der Waals surface area contributed by atoms with Crippen molar-refractivity contribution in [1.29, 1.82) is 0 Å². The minimum absolute atomic E-state index is 0.633. The summed E-state index contributed by atoms with van der Waals surface area (Å²) in [4.78, 5) is 11.6. The van der Waals surface area contributed by atoms with Crippen LogP contribution in [0.5, 0.6) is 0 Å². The molecule has 1 fully saturated rings. The summed E-state index contributed by atoms with van der Waals surface area (Å²) in [5.74, 6) is 1.59. The predicted octanol–water partition coefficient (Wildman–Crippen LogP) is 3.38. The Morgan fingerprint density at radius 1 is 1.29 bits per heavy atom. The lowest BCUT2D eigenvalue weighted by Gasteiger charge is -2.35. The minimum Gasteiger partial charge on any atom is -0.338 e. The molecule has 1 atom stereocenters. The Morgan fingerprint density at radius 2 is 2.05 bits per heavy atom. The topological polar surface area (TPSA) is 41.1 Å². The first kappa shape index (κ1) is 16.2. The summed E-state index contributed by atoms with van der Waals surface area (Å²) in [7, 11) is 0. The number of nitrogens with zero attached hydrogens (tertiary/aromatic N) is 3. The quantitative estimate of drug-likeness (QED) is 0.836. The van der Waals surface area contributed by atoms with Crippen LogP contribution >= 0.6 is 0 Å². The summed E-state index contributed by atoms with van der Waals surface area (Å²) in [5.41, 5.74) is 1.17. The van der Waals surface area contributed by atoms with Crippen LogP contribution in [0.4, 0.5) is 5.95 Å². The zero-order valence-electron chi connectivity index (χ0n) is 13.8. The molecule has 0 aliphatic carbocycles. The lowest BCUT2D eigenvalue weighted by atomic mass is 9.99. The molecule has 0 aromatic carbocycles. The summed E-state index contributed by atoms with van der Waals surface area (Å²) in [6.45, 7) is 9.70.